The smallest absolute Gasteiger partial charge is 0.168 e. The van der Waals surface area contributed by atoms with Crippen LogP contribution in [0, 0.1) is 0 Å². The molecule has 2 nitrogen and oxygen atoms in total. The van der Waals surface area contributed by atoms with E-state index in [0.717, 1.165) is 6.54 Å². The predicted octanol–water partition coefficient (Wildman–Crippen LogP) is 2.08. The third-order valence-corrected chi connectivity index (χ3v) is 1.71. The van der Waals surface area contributed by atoms with E-state index in [2.05, 4.69) is 28.9 Å². The van der Waals surface area contributed by atoms with Gasteiger partial charge in [0.2, 0.25) is 0 Å². The molecule has 0 amide bonds. The molecular formula is C12H15N2+. The van der Waals surface area contributed by atoms with E-state index < -0.39 is 0 Å². The normalized spacial score (nSPS) is 8.64. The maximum absolute atomic E-state index is 3.78. The number of rotatable bonds is 1. The van der Waals surface area contributed by atoms with Gasteiger partial charge in [0.15, 0.2) is 12.4 Å². The summed E-state index contributed by atoms with van der Waals surface area (Å²) in [5.74, 6) is 0. The van der Waals surface area contributed by atoms with Gasteiger partial charge in [-0.05, 0) is 19.1 Å². The van der Waals surface area contributed by atoms with Crippen molar-refractivity contribution < 1.29 is 4.57 Å². The lowest BCUT2D eigenvalue weighted by atomic mass is 10.5. The summed E-state index contributed by atoms with van der Waals surface area (Å²) in [4.78, 5) is 3.78. The van der Waals surface area contributed by atoms with Gasteiger partial charge in [-0.3, -0.25) is 4.98 Å². The molecule has 0 aliphatic rings. The van der Waals surface area contributed by atoms with Crippen molar-refractivity contribution >= 4 is 0 Å². The van der Waals surface area contributed by atoms with Crippen LogP contribution in [0.1, 0.15) is 6.92 Å². The van der Waals surface area contributed by atoms with Gasteiger partial charge >= 0.3 is 0 Å². The van der Waals surface area contributed by atoms with E-state index in [0.29, 0.717) is 0 Å². The average Bonchev–Trinajstić information content (AvgIpc) is 2.33. The minimum atomic E-state index is 1.06. The first-order valence-corrected chi connectivity index (χ1v) is 4.72. The summed E-state index contributed by atoms with van der Waals surface area (Å²) in [7, 11) is 0. The highest BCUT2D eigenvalue weighted by molar-refractivity contribution is 4.88. The lowest BCUT2D eigenvalue weighted by Crippen LogP contribution is -2.30. The zero-order valence-electron chi connectivity index (χ0n) is 8.38. The lowest BCUT2D eigenvalue weighted by Gasteiger charge is -1.84. The van der Waals surface area contributed by atoms with Gasteiger partial charge in [-0.2, -0.15) is 0 Å². The molecule has 0 saturated carbocycles. The number of pyridine rings is 2. The van der Waals surface area contributed by atoms with E-state index in [1.165, 1.54) is 0 Å². The van der Waals surface area contributed by atoms with Gasteiger partial charge in [-0.15, -0.1) is 0 Å². The summed E-state index contributed by atoms with van der Waals surface area (Å²) < 4.78 is 2.12. The number of hydrogen-bond acceptors (Lipinski definition) is 1. The van der Waals surface area contributed by atoms with E-state index in [1.54, 1.807) is 12.4 Å². The minimum absolute atomic E-state index is 1.06. The first kappa shape index (κ1) is 10.4. The van der Waals surface area contributed by atoms with Gasteiger partial charge in [0, 0.05) is 24.5 Å². The van der Waals surface area contributed by atoms with Crippen molar-refractivity contribution in [1.82, 2.24) is 4.98 Å². The topological polar surface area (TPSA) is 16.8 Å². The summed E-state index contributed by atoms with van der Waals surface area (Å²) in [5, 5.41) is 0. The molecule has 72 valence electrons. The third-order valence-electron chi connectivity index (χ3n) is 1.71. The molecule has 0 bridgehead atoms. The van der Waals surface area contributed by atoms with Crippen LogP contribution in [0.4, 0.5) is 0 Å². The number of aryl methyl sites for hydroxylation is 1. The third kappa shape index (κ3) is 4.36. The van der Waals surface area contributed by atoms with Crippen molar-refractivity contribution in [2.75, 3.05) is 0 Å². The van der Waals surface area contributed by atoms with Crippen molar-refractivity contribution in [3.05, 3.63) is 61.2 Å². The van der Waals surface area contributed by atoms with E-state index in [1.807, 2.05) is 36.4 Å². The van der Waals surface area contributed by atoms with Crippen molar-refractivity contribution in [3.8, 4) is 0 Å². The van der Waals surface area contributed by atoms with Crippen LogP contribution in [-0.4, -0.2) is 4.98 Å². The first-order chi connectivity index (χ1) is 6.93. The molecule has 0 atom stereocenters. The van der Waals surface area contributed by atoms with Gasteiger partial charge in [0.05, 0.1) is 0 Å². The van der Waals surface area contributed by atoms with E-state index in [4.69, 9.17) is 0 Å². The molecule has 2 heterocycles. The van der Waals surface area contributed by atoms with Crippen LogP contribution in [0.5, 0.6) is 0 Å². The Morgan fingerprint density at radius 1 is 0.857 bits per heavy atom. The van der Waals surface area contributed by atoms with Crippen molar-refractivity contribution in [1.29, 1.82) is 0 Å². The van der Waals surface area contributed by atoms with E-state index in [-0.39, 0.29) is 0 Å². The Morgan fingerprint density at radius 3 is 1.71 bits per heavy atom. The number of aromatic nitrogens is 2. The fourth-order valence-corrected chi connectivity index (χ4v) is 0.958. The molecule has 0 N–H and O–H groups in total. The fraction of sp³-hybridized carbons (Fsp3) is 0.167. The largest absolute Gasteiger partial charge is 0.265 e. The molecule has 0 saturated heterocycles. The molecule has 0 aliphatic heterocycles. The van der Waals surface area contributed by atoms with Gasteiger partial charge in [0.25, 0.3) is 0 Å². The summed E-state index contributed by atoms with van der Waals surface area (Å²) >= 11 is 0. The van der Waals surface area contributed by atoms with Gasteiger partial charge in [-0.25, -0.2) is 4.57 Å². The van der Waals surface area contributed by atoms with Crippen molar-refractivity contribution in [2.24, 2.45) is 0 Å². The van der Waals surface area contributed by atoms with Crippen molar-refractivity contribution in [2.45, 2.75) is 13.5 Å². The van der Waals surface area contributed by atoms with Crippen LogP contribution in [-0.2, 0) is 6.54 Å². The Kier molecular flexibility index (Phi) is 5.03. The molecule has 0 fully saturated rings. The Morgan fingerprint density at radius 2 is 1.43 bits per heavy atom. The molecule has 0 spiro atoms. The Balaban J connectivity index is 0.000000146. The molecule has 0 aliphatic carbocycles. The second-order valence-corrected chi connectivity index (χ2v) is 2.73. The second-order valence-electron chi connectivity index (χ2n) is 2.73. The number of nitrogens with zero attached hydrogens (tertiary/aromatic N) is 2. The molecule has 2 heteroatoms. The quantitative estimate of drug-likeness (QED) is 0.624. The molecule has 0 radical (unpaired) electrons. The Labute approximate surface area is 84.9 Å². The average molecular weight is 187 g/mol. The lowest BCUT2D eigenvalue weighted by molar-refractivity contribution is -0.693. The summed E-state index contributed by atoms with van der Waals surface area (Å²) in [6.07, 6.45) is 7.61. The Bertz CT molecular complexity index is 292. The monoisotopic (exact) mass is 187 g/mol. The molecule has 2 aromatic rings. The van der Waals surface area contributed by atoms with E-state index >= 15 is 0 Å². The molecule has 0 unspecified atom stereocenters. The van der Waals surface area contributed by atoms with Crippen LogP contribution >= 0.6 is 0 Å². The van der Waals surface area contributed by atoms with Crippen LogP contribution in [0.15, 0.2) is 61.2 Å². The van der Waals surface area contributed by atoms with Crippen LogP contribution in [0.3, 0.4) is 0 Å². The summed E-state index contributed by atoms with van der Waals surface area (Å²) in [6.45, 7) is 3.18. The zero-order valence-corrected chi connectivity index (χ0v) is 8.38. The molecule has 0 aromatic carbocycles. The standard InChI is InChI=1S/C7H10N.C5H5N/c1-2-8-6-4-3-5-7-8;1-2-4-6-5-3-1/h3-7H,2H2,1H3;1-5H/q+1;. The zero-order chi connectivity index (χ0) is 10.1. The van der Waals surface area contributed by atoms with Gasteiger partial charge < -0.3 is 0 Å². The maximum atomic E-state index is 3.78. The number of hydrogen-bond donors (Lipinski definition) is 0. The van der Waals surface area contributed by atoms with Crippen LogP contribution in [0.2, 0.25) is 0 Å². The highest BCUT2D eigenvalue weighted by Gasteiger charge is 1.86. The fourth-order valence-electron chi connectivity index (χ4n) is 0.958. The molecule has 2 rings (SSSR count). The highest BCUT2D eigenvalue weighted by atomic mass is 14.9. The maximum Gasteiger partial charge on any atom is 0.168 e. The summed E-state index contributed by atoms with van der Waals surface area (Å²) in [5.41, 5.74) is 0. The van der Waals surface area contributed by atoms with Gasteiger partial charge in [0.1, 0.15) is 6.54 Å². The Hall–Kier alpha value is -1.70. The van der Waals surface area contributed by atoms with Gasteiger partial charge in [-0.1, -0.05) is 12.1 Å². The summed E-state index contributed by atoms with van der Waals surface area (Å²) in [6, 6.07) is 11.8. The predicted molar refractivity (Wildman–Crippen MR) is 56.5 cm³/mol. The first-order valence-electron chi connectivity index (χ1n) is 4.72. The molecule has 2 aromatic heterocycles. The second kappa shape index (κ2) is 6.78. The minimum Gasteiger partial charge on any atom is -0.265 e. The van der Waals surface area contributed by atoms with Crippen LogP contribution < -0.4 is 4.57 Å². The SMILES string of the molecule is CC[n+]1ccccc1.c1ccncc1. The molecular weight excluding hydrogens is 172 g/mol. The van der Waals surface area contributed by atoms with Crippen LogP contribution in [0.25, 0.3) is 0 Å². The molecule has 14 heavy (non-hydrogen) atoms. The van der Waals surface area contributed by atoms with E-state index in [9.17, 15) is 0 Å². The highest BCUT2D eigenvalue weighted by Crippen LogP contribution is 1.74. The van der Waals surface area contributed by atoms with Crippen molar-refractivity contribution in [3.63, 3.8) is 0 Å².